The van der Waals surface area contributed by atoms with Crippen molar-refractivity contribution in [2.24, 2.45) is 11.7 Å². The molecule has 1 heterocycles. The summed E-state index contributed by atoms with van der Waals surface area (Å²) in [5, 5.41) is 3.81. The molecule has 0 spiro atoms. The van der Waals surface area contributed by atoms with Crippen molar-refractivity contribution in [1.29, 1.82) is 0 Å². The van der Waals surface area contributed by atoms with Gasteiger partial charge < -0.3 is 10.3 Å². The van der Waals surface area contributed by atoms with E-state index in [2.05, 4.69) is 10.1 Å². The minimum Gasteiger partial charge on any atom is -0.339 e. The van der Waals surface area contributed by atoms with E-state index in [1.807, 2.05) is 0 Å². The molecule has 4 nitrogen and oxygen atoms in total. The largest absolute Gasteiger partial charge is 0.339 e. The lowest BCUT2D eigenvalue weighted by Gasteiger charge is -2.16. The Hall–Kier alpha value is -1.82. The first-order valence-electron chi connectivity index (χ1n) is 7.17. The Balaban J connectivity index is 1.72. The van der Waals surface area contributed by atoms with Crippen molar-refractivity contribution in [1.82, 2.24) is 10.1 Å². The Morgan fingerprint density at radius 1 is 1.24 bits per heavy atom. The molecule has 1 aliphatic carbocycles. The minimum absolute atomic E-state index is 0.00533. The standard InChI is InChI=1S/C15H17F2N3O/c16-11-6-5-10(7-12(11)17)15-19-14(21-20-15)8-13(18)9-3-1-2-4-9/h5-7,9,13H,1-4,8,18H2. The molecule has 1 atom stereocenters. The van der Waals surface area contributed by atoms with Gasteiger partial charge in [0.05, 0.1) is 0 Å². The van der Waals surface area contributed by atoms with Crippen molar-refractivity contribution in [3.8, 4) is 11.4 Å². The maximum atomic E-state index is 13.2. The summed E-state index contributed by atoms with van der Waals surface area (Å²) < 4.78 is 31.3. The van der Waals surface area contributed by atoms with Crippen molar-refractivity contribution in [2.75, 3.05) is 0 Å². The monoisotopic (exact) mass is 293 g/mol. The Morgan fingerprint density at radius 2 is 2.00 bits per heavy atom. The van der Waals surface area contributed by atoms with Gasteiger partial charge in [0.1, 0.15) is 0 Å². The van der Waals surface area contributed by atoms with Crippen LogP contribution in [0.4, 0.5) is 8.78 Å². The smallest absolute Gasteiger partial charge is 0.228 e. The molecule has 0 radical (unpaired) electrons. The predicted octanol–water partition coefficient (Wildman–Crippen LogP) is 3.07. The van der Waals surface area contributed by atoms with Crippen LogP contribution in [0.25, 0.3) is 11.4 Å². The van der Waals surface area contributed by atoms with E-state index in [4.69, 9.17) is 10.3 Å². The normalized spacial score (nSPS) is 17.3. The summed E-state index contributed by atoms with van der Waals surface area (Å²) in [7, 11) is 0. The third-order valence-corrected chi connectivity index (χ3v) is 4.06. The molecule has 112 valence electrons. The van der Waals surface area contributed by atoms with Crippen molar-refractivity contribution in [3.05, 3.63) is 35.7 Å². The zero-order valence-corrected chi connectivity index (χ0v) is 11.6. The molecular weight excluding hydrogens is 276 g/mol. The van der Waals surface area contributed by atoms with Gasteiger partial charge in [-0.3, -0.25) is 0 Å². The molecule has 1 aliphatic rings. The van der Waals surface area contributed by atoms with Gasteiger partial charge in [-0.05, 0) is 37.0 Å². The lowest BCUT2D eigenvalue weighted by molar-refractivity contribution is 0.341. The number of aromatic nitrogens is 2. The number of hydrogen-bond donors (Lipinski definition) is 1. The highest BCUT2D eigenvalue weighted by Gasteiger charge is 2.24. The van der Waals surface area contributed by atoms with E-state index in [1.165, 1.54) is 18.9 Å². The quantitative estimate of drug-likeness (QED) is 0.941. The summed E-state index contributed by atoms with van der Waals surface area (Å²) in [5.41, 5.74) is 6.55. The van der Waals surface area contributed by atoms with Gasteiger partial charge in [-0.25, -0.2) is 8.78 Å². The molecule has 1 saturated carbocycles. The summed E-state index contributed by atoms with van der Waals surface area (Å²) in [4.78, 5) is 4.22. The second kappa shape index (κ2) is 5.89. The molecule has 0 amide bonds. The Labute approximate surface area is 121 Å². The molecule has 0 aliphatic heterocycles. The number of benzene rings is 1. The van der Waals surface area contributed by atoms with Crippen LogP contribution in [0.3, 0.4) is 0 Å². The molecule has 2 aromatic rings. The lowest BCUT2D eigenvalue weighted by Crippen LogP contribution is -2.30. The third-order valence-electron chi connectivity index (χ3n) is 4.06. The van der Waals surface area contributed by atoms with E-state index in [1.54, 1.807) is 0 Å². The van der Waals surface area contributed by atoms with Crippen molar-refractivity contribution >= 4 is 0 Å². The molecule has 3 rings (SSSR count). The van der Waals surface area contributed by atoms with Gasteiger partial charge >= 0.3 is 0 Å². The van der Waals surface area contributed by atoms with Crippen molar-refractivity contribution in [3.63, 3.8) is 0 Å². The van der Waals surface area contributed by atoms with Crippen LogP contribution in [-0.2, 0) is 6.42 Å². The van der Waals surface area contributed by atoms with Crippen LogP contribution in [0.15, 0.2) is 22.7 Å². The summed E-state index contributed by atoms with van der Waals surface area (Å²) in [5.74, 6) is -0.632. The lowest BCUT2D eigenvalue weighted by atomic mass is 9.96. The first kappa shape index (κ1) is 14.1. The van der Waals surface area contributed by atoms with Crippen LogP contribution >= 0.6 is 0 Å². The molecule has 21 heavy (non-hydrogen) atoms. The molecule has 0 saturated heterocycles. The van der Waals surface area contributed by atoms with Crippen LogP contribution in [-0.4, -0.2) is 16.2 Å². The first-order chi connectivity index (χ1) is 10.1. The Morgan fingerprint density at radius 3 is 2.71 bits per heavy atom. The summed E-state index contributed by atoms with van der Waals surface area (Å²) in [6.07, 6.45) is 5.25. The predicted molar refractivity (Wildman–Crippen MR) is 73.3 cm³/mol. The Bertz CT molecular complexity index is 623. The maximum absolute atomic E-state index is 13.2. The molecule has 1 aromatic carbocycles. The van der Waals surface area contributed by atoms with Crippen LogP contribution in [0.5, 0.6) is 0 Å². The molecule has 0 bridgehead atoms. The molecule has 1 unspecified atom stereocenters. The number of halogens is 2. The topological polar surface area (TPSA) is 64.9 Å². The molecule has 1 fully saturated rings. The van der Waals surface area contributed by atoms with Crippen molar-refractivity contribution < 1.29 is 13.3 Å². The molecule has 6 heteroatoms. The second-order valence-electron chi connectivity index (χ2n) is 5.55. The van der Waals surface area contributed by atoms with Gasteiger partial charge in [-0.15, -0.1) is 0 Å². The summed E-state index contributed by atoms with van der Waals surface area (Å²) in [6, 6.07) is 3.53. The van der Waals surface area contributed by atoms with E-state index in [0.717, 1.165) is 25.0 Å². The highest BCUT2D eigenvalue weighted by atomic mass is 19.2. The maximum Gasteiger partial charge on any atom is 0.228 e. The van der Waals surface area contributed by atoms with E-state index >= 15 is 0 Å². The summed E-state index contributed by atoms with van der Waals surface area (Å²) in [6.45, 7) is 0. The Kier molecular flexibility index (Phi) is 3.96. The fourth-order valence-electron chi connectivity index (χ4n) is 2.84. The molecular formula is C15H17F2N3O. The number of nitrogens with two attached hydrogens (primary N) is 1. The van der Waals surface area contributed by atoms with Crippen LogP contribution < -0.4 is 5.73 Å². The van der Waals surface area contributed by atoms with Crippen molar-refractivity contribution in [2.45, 2.75) is 38.1 Å². The highest BCUT2D eigenvalue weighted by molar-refractivity contribution is 5.54. The van der Waals surface area contributed by atoms with E-state index in [-0.39, 0.29) is 11.9 Å². The number of rotatable bonds is 4. The van der Waals surface area contributed by atoms with E-state index in [9.17, 15) is 8.78 Å². The summed E-state index contributed by atoms with van der Waals surface area (Å²) >= 11 is 0. The second-order valence-corrected chi connectivity index (χ2v) is 5.55. The van der Waals surface area contributed by atoms with Crippen LogP contribution in [0, 0.1) is 17.6 Å². The van der Waals surface area contributed by atoms with Gasteiger partial charge in [0.2, 0.25) is 11.7 Å². The van der Waals surface area contributed by atoms with E-state index in [0.29, 0.717) is 23.8 Å². The third kappa shape index (κ3) is 3.10. The van der Waals surface area contributed by atoms with Gasteiger partial charge in [0.15, 0.2) is 11.6 Å². The van der Waals surface area contributed by atoms with Crippen LogP contribution in [0.1, 0.15) is 31.6 Å². The van der Waals surface area contributed by atoms with Gasteiger partial charge in [-0.2, -0.15) is 4.98 Å². The van der Waals surface area contributed by atoms with Gasteiger partial charge in [0, 0.05) is 18.0 Å². The molecule has 2 N–H and O–H groups in total. The highest BCUT2D eigenvalue weighted by Crippen LogP contribution is 2.28. The minimum atomic E-state index is -0.929. The zero-order chi connectivity index (χ0) is 14.8. The zero-order valence-electron chi connectivity index (χ0n) is 11.6. The average molecular weight is 293 g/mol. The fraction of sp³-hybridized carbons (Fsp3) is 0.467. The number of nitrogens with zero attached hydrogens (tertiary/aromatic N) is 2. The molecule has 1 aromatic heterocycles. The number of hydrogen-bond acceptors (Lipinski definition) is 4. The van der Waals surface area contributed by atoms with Gasteiger partial charge in [0.25, 0.3) is 0 Å². The average Bonchev–Trinajstić information content (AvgIpc) is 3.12. The van der Waals surface area contributed by atoms with Crippen LogP contribution in [0.2, 0.25) is 0 Å². The fourth-order valence-corrected chi connectivity index (χ4v) is 2.84. The van der Waals surface area contributed by atoms with E-state index < -0.39 is 11.6 Å². The first-order valence-corrected chi connectivity index (χ1v) is 7.17. The SMILES string of the molecule is NC(Cc1nc(-c2ccc(F)c(F)c2)no1)C1CCCC1. The van der Waals surface area contributed by atoms with Gasteiger partial charge in [-0.1, -0.05) is 18.0 Å².